The summed E-state index contributed by atoms with van der Waals surface area (Å²) >= 11 is 0. The largest absolute Gasteiger partial charge is 0.481 e. The highest BCUT2D eigenvalue weighted by Crippen LogP contribution is 2.38. The molecule has 0 spiro atoms. The summed E-state index contributed by atoms with van der Waals surface area (Å²) in [5.74, 6) is -1.56. The van der Waals surface area contributed by atoms with Crippen molar-refractivity contribution in [3.63, 3.8) is 0 Å². The molecule has 2 rings (SSSR count). The Bertz CT molecular complexity index is 374. The van der Waals surface area contributed by atoms with Crippen LogP contribution in [0.4, 0.5) is 0 Å². The van der Waals surface area contributed by atoms with Gasteiger partial charge in [0, 0.05) is 13.7 Å². The molecule has 1 saturated carbocycles. The van der Waals surface area contributed by atoms with Gasteiger partial charge < -0.3 is 19.5 Å². The minimum atomic E-state index is -0.899. The molecule has 2 aliphatic rings. The zero-order chi connectivity index (χ0) is 14.8. The fraction of sp³-hybridized carbons (Fsp3) is 0.857. The van der Waals surface area contributed by atoms with Gasteiger partial charge in [-0.25, -0.2) is 0 Å². The number of ether oxygens (including phenoxy) is 2. The van der Waals surface area contributed by atoms with Crippen molar-refractivity contribution < 1.29 is 24.2 Å². The first-order chi connectivity index (χ1) is 9.53. The molecule has 2 fully saturated rings. The van der Waals surface area contributed by atoms with E-state index in [1.807, 2.05) is 6.92 Å². The van der Waals surface area contributed by atoms with E-state index in [9.17, 15) is 14.7 Å². The first kappa shape index (κ1) is 15.3. The van der Waals surface area contributed by atoms with Gasteiger partial charge in [0.2, 0.25) is 5.91 Å². The Hall–Kier alpha value is -1.14. The van der Waals surface area contributed by atoms with E-state index < -0.39 is 11.9 Å². The maximum atomic E-state index is 12.5. The Morgan fingerprint density at radius 3 is 2.55 bits per heavy atom. The molecule has 20 heavy (non-hydrogen) atoms. The first-order valence-electron chi connectivity index (χ1n) is 7.18. The van der Waals surface area contributed by atoms with Gasteiger partial charge in [-0.1, -0.05) is 0 Å². The van der Waals surface area contributed by atoms with Crippen LogP contribution < -0.4 is 0 Å². The number of carboxylic acids is 1. The molecule has 1 amide bonds. The van der Waals surface area contributed by atoms with Crippen molar-refractivity contribution in [3.05, 3.63) is 0 Å². The Morgan fingerprint density at radius 2 is 2.10 bits per heavy atom. The number of amides is 1. The van der Waals surface area contributed by atoms with E-state index >= 15 is 0 Å². The molecule has 0 bridgehead atoms. The standard InChI is InChI=1S/C14H23NO5/c1-3-15(11-9-20-8-10(11)13(17)18)12(16)7-14(19-2)5-4-6-14/h10-11H,3-9H2,1-2H3,(H,17,18). The summed E-state index contributed by atoms with van der Waals surface area (Å²) in [4.78, 5) is 25.4. The Morgan fingerprint density at radius 1 is 1.40 bits per heavy atom. The highest BCUT2D eigenvalue weighted by atomic mass is 16.5. The summed E-state index contributed by atoms with van der Waals surface area (Å²) in [7, 11) is 1.64. The fourth-order valence-corrected chi connectivity index (χ4v) is 3.08. The summed E-state index contributed by atoms with van der Waals surface area (Å²) < 4.78 is 10.7. The molecule has 1 saturated heterocycles. The van der Waals surface area contributed by atoms with Crippen molar-refractivity contribution in [3.8, 4) is 0 Å². The molecular formula is C14H23NO5. The van der Waals surface area contributed by atoms with Gasteiger partial charge in [0.15, 0.2) is 0 Å². The molecule has 1 aliphatic carbocycles. The van der Waals surface area contributed by atoms with Crippen LogP contribution in [-0.2, 0) is 19.1 Å². The average Bonchev–Trinajstić information content (AvgIpc) is 2.84. The minimum Gasteiger partial charge on any atom is -0.481 e. The maximum Gasteiger partial charge on any atom is 0.311 e. The van der Waals surface area contributed by atoms with Crippen LogP contribution in [-0.4, -0.2) is 60.4 Å². The number of rotatable bonds is 6. The second-order valence-electron chi connectivity index (χ2n) is 5.65. The van der Waals surface area contributed by atoms with Crippen molar-refractivity contribution >= 4 is 11.9 Å². The molecule has 0 aromatic rings. The molecule has 0 radical (unpaired) electrons. The third-order valence-corrected chi connectivity index (χ3v) is 4.60. The van der Waals surface area contributed by atoms with Crippen LogP contribution in [0.1, 0.15) is 32.6 Å². The van der Waals surface area contributed by atoms with Crippen LogP contribution in [0.3, 0.4) is 0 Å². The van der Waals surface area contributed by atoms with E-state index in [0.717, 1.165) is 19.3 Å². The Labute approximate surface area is 119 Å². The van der Waals surface area contributed by atoms with E-state index in [-0.39, 0.29) is 24.2 Å². The number of carbonyl (C=O) groups is 2. The highest BCUT2D eigenvalue weighted by molar-refractivity contribution is 5.79. The predicted molar refractivity (Wildman–Crippen MR) is 71.3 cm³/mol. The fourth-order valence-electron chi connectivity index (χ4n) is 3.08. The average molecular weight is 285 g/mol. The Balaban J connectivity index is 2.03. The molecule has 1 aliphatic heterocycles. The van der Waals surface area contributed by atoms with Crippen molar-refractivity contribution in [2.75, 3.05) is 26.9 Å². The lowest BCUT2D eigenvalue weighted by Crippen LogP contribution is -2.50. The van der Waals surface area contributed by atoms with E-state index in [4.69, 9.17) is 9.47 Å². The highest BCUT2D eigenvalue weighted by Gasteiger charge is 2.44. The number of hydrogen-bond acceptors (Lipinski definition) is 4. The van der Waals surface area contributed by atoms with Crippen LogP contribution >= 0.6 is 0 Å². The van der Waals surface area contributed by atoms with Gasteiger partial charge >= 0.3 is 5.97 Å². The molecule has 114 valence electrons. The van der Waals surface area contributed by atoms with E-state index in [1.54, 1.807) is 12.0 Å². The Kier molecular flexibility index (Phi) is 4.65. The number of methoxy groups -OCH3 is 1. The number of nitrogens with zero attached hydrogens (tertiary/aromatic N) is 1. The van der Waals surface area contributed by atoms with Crippen molar-refractivity contribution in [1.29, 1.82) is 0 Å². The quantitative estimate of drug-likeness (QED) is 0.784. The molecule has 0 aromatic heterocycles. The number of hydrogen-bond donors (Lipinski definition) is 1. The van der Waals surface area contributed by atoms with Gasteiger partial charge in [0.05, 0.1) is 31.3 Å². The molecule has 2 atom stereocenters. The van der Waals surface area contributed by atoms with Gasteiger partial charge in [0.1, 0.15) is 5.92 Å². The lowest BCUT2D eigenvalue weighted by atomic mass is 9.77. The molecule has 1 heterocycles. The third kappa shape index (κ3) is 2.81. The summed E-state index contributed by atoms with van der Waals surface area (Å²) in [6.45, 7) is 2.85. The number of carbonyl (C=O) groups excluding carboxylic acids is 1. The van der Waals surface area contributed by atoms with Crippen LogP contribution in [0.15, 0.2) is 0 Å². The normalized spacial score (nSPS) is 27.9. The summed E-state index contributed by atoms with van der Waals surface area (Å²) in [6.07, 6.45) is 3.21. The SMILES string of the molecule is CCN(C(=O)CC1(OC)CCC1)C1COCC1C(=O)O. The smallest absolute Gasteiger partial charge is 0.311 e. The molecule has 6 heteroatoms. The summed E-state index contributed by atoms with van der Waals surface area (Å²) in [5.41, 5.74) is -0.331. The lowest BCUT2D eigenvalue weighted by Gasteiger charge is -2.42. The molecule has 6 nitrogen and oxygen atoms in total. The van der Waals surface area contributed by atoms with E-state index in [2.05, 4.69) is 0 Å². The van der Waals surface area contributed by atoms with Crippen molar-refractivity contribution in [2.24, 2.45) is 5.92 Å². The maximum absolute atomic E-state index is 12.5. The second kappa shape index (κ2) is 6.10. The lowest BCUT2D eigenvalue weighted by molar-refractivity contribution is -0.149. The zero-order valence-electron chi connectivity index (χ0n) is 12.1. The zero-order valence-corrected chi connectivity index (χ0v) is 12.1. The van der Waals surface area contributed by atoms with Gasteiger partial charge in [-0.2, -0.15) is 0 Å². The van der Waals surface area contributed by atoms with Crippen LogP contribution in [0.25, 0.3) is 0 Å². The van der Waals surface area contributed by atoms with Crippen molar-refractivity contribution in [2.45, 2.75) is 44.2 Å². The molecule has 2 unspecified atom stereocenters. The molecular weight excluding hydrogens is 262 g/mol. The topological polar surface area (TPSA) is 76.1 Å². The van der Waals surface area contributed by atoms with Gasteiger partial charge in [-0.3, -0.25) is 9.59 Å². The van der Waals surface area contributed by atoms with Crippen LogP contribution in [0.5, 0.6) is 0 Å². The number of aliphatic carboxylic acids is 1. The number of likely N-dealkylation sites (N-methyl/N-ethyl adjacent to an activating group) is 1. The minimum absolute atomic E-state index is 0.0317. The van der Waals surface area contributed by atoms with Gasteiger partial charge in [-0.15, -0.1) is 0 Å². The second-order valence-corrected chi connectivity index (χ2v) is 5.65. The van der Waals surface area contributed by atoms with Crippen LogP contribution in [0.2, 0.25) is 0 Å². The van der Waals surface area contributed by atoms with Gasteiger partial charge in [-0.05, 0) is 26.2 Å². The van der Waals surface area contributed by atoms with E-state index in [1.165, 1.54) is 0 Å². The third-order valence-electron chi connectivity index (χ3n) is 4.60. The number of carboxylic acid groups (broad SMARTS) is 1. The summed E-state index contributed by atoms with van der Waals surface area (Å²) in [6, 6.07) is -0.362. The van der Waals surface area contributed by atoms with Crippen LogP contribution in [0, 0.1) is 5.92 Å². The van der Waals surface area contributed by atoms with Crippen molar-refractivity contribution in [1.82, 2.24) is 4.90 Å². The first-order valence-corrected chi connectivity index (χ1v) is 7.18. The molecule has 1 N–H and O–H groups in total. The summed E-state index contributed by atoms with van der Waals surface area (Å²) in [5, 5.41) is 9.20. The van der Waals surface area contributed by atoms with E-state index in [0.29, 0.717) is 19.6 Å². The molecule has 0 aromatic carbocycles. The van der Waals surface area contributed by atoms with Gasteiger partial charge in [0.25, 0.3) is 0 Å². The predicted octanol–water partition coefficient (Wildman–Crippen LogP) is 0.894. The monoisotopic (exact) mass is 285 g/mol.